The van der Waals surface area contributed by atoms with Crippen molar-refractivity contribution >= 4 is 44.6 Å². The number of benzene rings is 8. The number of para-hydroxylation sites is 1. The Balaban J connectivity index is 0.00000688. The normalized spacial score (nSPS) is 13.2. The van der Waals surface area contributed by atoms with E-state index in [2.05, 4.69) is 305 Å². The number of anilines is 4. The second-order valence-electron chi connectivity index (χ2n) is 25.2. The van der Waals surface area contributed by atoms with Crippen molar-refractivity contribution in [3.8, 4) is 28.4 Å². The maximum atomic E-state index is 7.30. The zero-order valence-corrected chi connectivity index (χ0v) is 49.8. The number of ether oxygens (including phenoxy) is 1. The molecule has 11 rings (SSSR count). The fourth-order valence-corrected chi connectivity index (χ4v) is 11.0. The smallest absolute Gasteiger partial charge is 0.135 e. The van der Waals surface area contributed by atoms with Gasteiger partial charge in [-0.25, -0.2) is 4.98 Å². The Kier molecular flexibility index (Phi) is 14.0. The first-order valence-corrected chi connectivity index (χ1v) is 27.2. The predicted molar refractivity (Wildman–Crippen MR) is 323 cm³/mol. The molecule has 3 heterocycles. The third-order valence-electron chi connectivity index (χ3n) is 16.0. The van der Waals surface area contributed by atoms with E-state index in [1.807, 2.05) is 6.20 Å². The molecule has 1 aliphatic heterocycles. The second kappa shape index (κ2) is 20.2. The summed E-state index contributed by atoms with van der Waals surface area (Å²) in [6, 6.07) is 73.8. The molecule has 1 aliphatic rings. The van der Waals surface area contributed by atoms with E-state index in [-0.39, 0.29) is 42.7 Å². The molecule has 0 spiro atoms. The molecule has 0 amide bonds. The van der Waals surface area contributed by atoms with Crippen LogP contribution in [0.5, 0.6) is 11.5 Å². The zero-order valence-electron chi connectivity index (χ0n) is 47.5. The third-order valence-corrected chi connectivity index (χ3v) is 16.0. The van der Waals surface area contributed by atoms with Crippen molar-refractivity contribution in [3.63, 3.8) is 0 Å². The van der Waals surface area contributed by atoms with Gasteiger partial charge in [-0.3, -0.25) is 0 Å². The second-order valence-corrected chi connectivity index (χ2v) is 25.2. The molecule has 10 aromatic rings. The van der Waals surface area contributed by atoms with Crippen LogP contribution in [0.3, 0.4) is 0 Å². The Hall–Kier alpha value is -7.20. The van der Waals surface area contributed by atoms with Gasteiger partial charge in [-0.1, -0.05) is 222 Å². The van der Waals surface area contributed by atoms with Gasteiger partial charge in [-0.2, -0.15) is 0 Å². The summed E-state index contributed by atoms with van der Waals surface area (Å²) in [6.07, 6.45) is 1.93. The molecule has 0 fully saturated rings. The van der Waals surface area contributed by atoms with Crippen LogP contribution in [0.25, 0.3) is 38.8 Å². The molecule has 0 saturated heterocycles. The van der Waals surface area contributed by atoms with Crippen LogP contribution in [-0.4, -0.2) is 9.55 Å². The number of hydrogen-bond donors (Lipinski definition) is 0. The topological polar surface area (TPSA) is 33.5 Å². The maximum absolute atomic E-state index is 7.30. The molecule has 0 unspecified atom stereocenters. The van der Waals surface area contributed by atoms with Crippen molar-refractivity contribution in [2.24, 2.45) is 0 Å². The van der Waals surface area contributed by atoms with Gasteiger partial charge in [0, 0.05) is 66.8 Å². The van der Waals surface area contributed by atoms with Gasteiger partial charge in [0.1, 0.15) is 5.82 Å². The quantitative estimate of drug-likeness (QED) is 0.128. The Bertz CT molecular complexity index is 3820. The summed E-state index contributed by atoms with van der Waals surface area (Å²) in [5.41, 5.74) is 15.8. The number of hydrogen-bond acceptors (Lipinski definition) is 4. The summed E-state index contributed by atoms with van der Waals surface area (Å²) in [5, 5.41) is 2.27. The van der Waals surface area contributed by atoms with Crippen LogP contribution in [0.4, 0.5) is 22.7 Å². The van der Waals surface area contributed by atoms with E-state index in [9.17, 15) is 0 Å². The van der Waals surface area contributed by atoms with Gasteiger partial charge in [0.15, 0.2) is 0 Å². The van der Waals surface area contributed by atoms with Gasteiger partial charge >= 0.3 is 0 Å². The van der Waals surface area contributed by atoms with Gasteiger partial charge in [0.05, 0.1) is 0 Å². The molecule has 8 aromatic carbocycles. The molecule has 6 heteroatoms. The van der Waals surface area contributed by atoms with Gasteiger partial charge in [-0.05, 0) is 108 Å². The molecule has 0 saturated carbocycles. The zero-order chi connectivity index (χ0) is 54.2. The van der Waals surface area contributed by atoms with Gasteiger partial charge in [0.25, 0.3) is 0 Å². The van der Waals surface area contributed by atoms with E-state index in [1.165, 1.54) is 38.9 Å². The van der Waals surface area contributed by atoms with Crippen molar-refractivity contribution in [2.45, 2.75) is 117 Å². The third kappa shape index (κ3) is 10.1. The average Bonchev–Trinajstić information content (AvgIpc) is 4.20. The van der Waals surface area contributed by atoms with Gasteiger partial charge < -0.3 is 19.1 Å². The summed E-state index contributed by atoms with van der Waals surface area (Å²) in [6.45, 7) is 31.9. The number of nitrogens with zero attached hydrogens (tertiary/aromatic N) is 4. The molecule has 5 nitrogen and oxygen atoms in total. The Morgan fingerprint density at radius 3 is 1.69 bits per heavy atom. The molecule has 0 atom stereocenters. The van der Waals surface area contributed by atoms with Crippen LogP contribution >= 0.6 is 0 Å². The monoisotopic (exact) mass is 1200 g/mol. The molecular weight excluding hydrogens is 1130 g/mol. The minimum atomic E-state index is -0.430. The number of fused-ring (bicyclic) bond motifs is 4. The molecule has 0 N–H and O–H groups in total. The SMILES string of the molecule is CC(C)(C)c1cc(Oc2[c-]c3c(c(C(C)(C)c4ccccc4)c2)c2ccccc2n3-c2cc(C(C)(C)C)ccn2)[c-]c(N2[CH-]N(c3cc(-c4ccccc4)cc(C(C)(C)c4ccccc4)c3)c3ccc(C(C)(C)C)cc32)c1.[Pt]. The van der Waals surface area contributed by atoms with E-state index in [0.29, 0.717) is 11.5 Å². The van der Waals surface area contributed by atoms with E-state index in [0.717, 1.165) is 61.5 Å². The summed E-state index contributed by atoms with van der Waals surface area (Å²) in [4.78, 5) is 9.73. The van der Waals surface area contributed by atoms with Crippen LogP contribution in [0.15, 0.2) is 188 Å². The molecule has 0 bridgehead atoms. The number of aromatic nitrogens is 2. The fraction of sp³-hybridized carbons (Fsp3) is 0.250. The average molecular weight is 1200 g/mol. The first-order chi connectivity index (χ1) is 36.6. The molecule has 0 radical (unpaired) electrons. The van der Waals surface area contributed by atoms with Crippen LogP contribution in [0.2, 0.25) is 0 Å². The van der Waals surface area contributed by atoms with Crippen LogP contribution in [0.1, 0.15) is 129 Å². The number of pyridine rings is 1. The summed E-state index contributed by atoms with van der Waals surface area (Å²) >= 11 is 0. The minimum Gasteiger partial charge on any atom is -0.509 e. The van der Waals surface area contributed by atoms with Crippen molar-refractivity contribution in [3.05, 3.63) is 246 Å². The maximum Gasteiger partial charge on any atom is 0.135 e. The van der Waals surface area contributed by atoms with Crippen LogP contribution in [0, 0.1) is 18.8 Å². The van der Waals surface area contributed by atoms with E-state index < -0.39 is 5.41 Å². The first kappa shape index (κ1) is 54.2. The van der Waals surface area contributed by atoms with Crippen molar-refractivity contribution in [1.82, 2.24) is 9.55 Å². The van der Waals surface area contributed by atoms with Crippen molar-refractivity contribution in [2.75, 3.05) is 9.80 Å². The summed E-state index contributed by atoms with van der Waals surface area (Å²) in [5.74, 6) is 2.06. The van der Waals surface area contributed by atoms with Crippen LogP contribution < -0.4 is 14.5 Å². The van der Waals surface area contributed by atoms with Crippen molar-refractivity contribution < 1.29 is 25.8 Å². The van der Waals surface area contributed by atoms with Crippen LogP contribution in [-0.2, 0) is 48.1 Å². The van der Waals surface area contributed by atoms with Crippen molar-refractivity contribution in [1.29, 1.82) is 0 Å². The Labute approximate surface area is 478 Å². The summed E-state index contributed by atoms with van der Waals surface area (Å²) < 4.78 is 9.57. The van der Waals surface area contributed by atoms with Gasteiger partial charge in [-0.15, -0.1) is 53.8 Å². The minimum absolute atomic E-state index is 0. The number of rotatable bonds is 10. The molecule has 2 aromatic heterocycles. The predicted octanol–water partition coefficient (Wildman–Crippen LogP) is 19.2. The molecule has 78 heavy (non-hydrogen) atoms. The fourth-order valence-electron chi connectivity index (χ4n) is 11.0. The summed E-state index contributed by atoms with van der Waals surface area (Å²) in [7, 11) is 0. The molecular formula is C72H71N4OPt-3. The van der Waals surface area contributed by atoms with E-state index >= 15 is 0 Å². The first-order valence-electron chi connectivity index (χ1n) is 27.2. The van der Waals surface area contributed by atoms with E-state index in [4.69, 9.17) is 9.72 Å². The van der Waals surface area contributed by atoms with E-state index in [1.54, 1.807) is 0 Å². The van der Waals surface area contributed by atoms with Gasteiger partial charge in [0.2, 0.25) is 0 Å². The standard InChI is InChI=1S/C72H71N4O.Pt/c1-68(2,3)52-33-34-63-64(42-52)75(47-74(63)56-38-49(48-25-17-14-18-26-48)37-55(40-56)71(10,11)50-27-19-15-20-28-50)57-39-54(70(7,8)9)41-58(44-57)77-59-45-61(72(12,13)51-29-21-16-22-30-51)67-60-31-23-24-32-62(60)76(65(67)46-59)66-43-53(35-36-73-66)69(4,5)6;/h14-43,45,47H,1-13H3;/q-3;. The Morgan fingerprint density at radius 1 is 0.449 bits per heavy atom. The molecule has 0 aliphatic carbocycles. The Morgan fingerprint density at radius 2 is 1.04 bits per heavy atom. The largest absolute Gasteiger partial charge is 0.509 e. The molecule has 398 valence electrons.